The van der Waals surface area contributed by atoms with E-state index >= 15 is 0 Å². The number of nitrogens with one attached hydrogen (secondary N) is 1. The van der Waals surface area contributed by atoms with Gasteiger partial charge < -0.3 is 0 Å². The summed E-state index contributed by atoms with van der Waals surface area (Å²) in [6, 6.07) is 12.3. The van der Waals surface area contributed by atoms with Crippen molar-refractivity contribution in [3.05, 3.63) is 78.9 Å². The lowest BCUT2D eigenvalue weighted by molar-refractivity contribution is -0.403. The summed E-state index contributed by atoms with van der Waals surface area (Å²) in [7, 11) is 1.82. The van der Waals surface area contributed by atoms with E-state index in [0.717, 1.165) is 18.8 Å². The fourth-order valence-corrected chi connectivity index (χ4v) is 2.34. The summed E-state index contributed by atoms with van der Waals surface area (Å²) in [4.78, 5) is 32.3. The number of amidine groups is 1. The number of nitro benzene ring substituents is 3. The minimum Gasteiger partial charge on any atom is -0.286 e. The largest absolute Gasteiger partial charge is 0.286 e. The Labute approximate surface area is 158 Å². The normalized spacial score (nSPS) is 14.0. The molecule has 0 unspecified atom stereocenters. The zero-order valence-electron chi connectivity index (χ0n) is 14.7. The molecule has 1 fully saturated rings. The number of aliphatic imine (C=N–C) groups is 1. The average molecular weight is 388 g/mol. The SMILES string of the molecule is CN=C1CCN(c2ccccc2)N1.O=[N+]([O-])c1cc([N+](=O)[O-])cc([N+](=O)[O-])c1. The Balaban J connectivity index is 0.000000202. The first-order chi connectivity index (χ1) is 13.3. The van der Waals surface area contributed by atoms with Crippen LogP contribution in [0.1, 0.15) is 6.42 Å². The molecule has 1 aliphatic rings. The molecule has 146 valence electrons. The summed E-state index contributed by atoms with van der Waals surface area (Å²) in [5.41, 5.74) is 2.38. The summed E-state index contributed by atoms with van der Waals surface area (Å²) >= 11 is 0. The summed E-state index contributed by atoms with van der Waals surface area (Å²) in [5.74, 6) is 1.06. The number of hydrogen-bond acceptors (Lipinski definition) is 8. The molecule has 0 amide bonds. The molecule has 0 radical (unpaired) electrons. The van der Waals surface area contributed by atoms with Crippen molar-refractivity contribution >= 4 is 28.6 Å². The summed E-state index contributed by atoms with van der Waals surface area (Å²) in [6.07, 6.45) is 1.01. The summed E-state index contributed by atoms with van der Waals surface area (Å²) < 4.78 is 0. The topological polar surface area (TPSA) is 157 Å². The van der Waals surface area contributed by atoms with Gasteiger partial charge in [0.1, 0.15) is 5.84 Å². The maximum absolute atomic E-state index is 10.3. The Morgan fingerprint density at radius 2 is 1.36 bits per heavy atom. The molecule has 2 aromatic carbocycles. The smallest absolute Gasteiger partial charge is 0.283 e. The molecule has 12 nitrogen and oxygen atoms in total. The van der Waals surface area contributed by atoms with E-state index in [2.05, 4.69) is 27.6 Å². The maximum atomic E-state index is 10.3. The molecule has 0 aliphatic carbocycles. The molecule has 3 rings (SSSR count). The minimum atomic E-state index is -0.931. The standard InChI is InChI=1S/C10H13N3.C6H3N3O6/c1-11-10-7-8-13(12-10)9-5-3-2-4-6-9;10-7(11)4-1-5(8(12)13)3-6(2-4)9(14)15/h2-6H,7-8H2,1H3,(H,11,12);1-3H. The Hall–Kier alpha value is -4.09. The van der Waals surface area contributed by atoms with Gasteiger partial charge in [0, 0.05) is 20.0 Å². The number of para-hydroxylation sites is 1. The Kier molecular flexibility index (Phi) is 6.52. The monoisotopic (exact) mass is 388 g/mol. The number of hydrazine groups is 1. The van der Waals surface area contributed by atoms with Crippen LogP contribution in [0, 0.1) is 30.3 Å². The summed E-state index contributed by atoms with van der Waals surface area (Å²) in [6.45, 7) is 0.997. The average Bonchev–Trinajstić information content (AvgIpc) is 3.18. The van der Waals surface area contributed by atoms with Crippen LogP contribution in [0.15, 0.2) is 53.5 Å². The molecule has 2 aromatic rings. The number of hydrogen-bond donors (Lipinski definition) is 1. The van der Waals surface area contributed by atoms with Crippen molar-refractivity contribution in [2.75, 3.05) is 18.6 Å². The lowest BCUT2D eigenvalue weighted by Gasteiger charge is -2.17. The Bertz CT molecular complexity index is 838. The van der Waals surface area contributed by atoms with E-state index in [1.165, 1.54) is 5.69 Å². The lowest BCUT2D eigenvalue weighted by Crippen LogP contribution is -2.32. The van der Waals surface area contributed by atoms with Gasteiger partial charge in [0.15, 0.2) is 0 Å². The van der Waals surface area contributed by atoms with Crippen molar-refractivity contribution in [1.29, 1.82) is 0 Å². The molecule has 1 aliphatic heterocycles. The molecule has 0 saturated carbocycles. The van der Waals surface area contributed by atoms with Crippen LogP contribution in [0.25, 0.3) is 0 Å². The number of nitrogens with zero attached hydrogens (tertiary/aromatic N) is 5. The fourth-order valence-electron chi connectivity index (χ4n) is 2.34. The van der Waals surface area contributed by atoms with Gasteiger partial charge in [-0.3, -0.25) is 45.8 Å². The van der Waals surface area contributed by atoms with Crippen molar-refractivity contribution in [3.63, 3.8) is 0 Å². The number of rotatable bonds is 4. The zero-order valence-corrected chi connectivity index (χ0v) is 14.7. The first-order valence-electron chi connectivity index (χ1n) is 7.95. The number of benzene rings is 2. The third-order valence-corrected chi connectivity index (χ3v) is 3.69. The molecule has 1 saturated heterocycles. The van der Waals surface area contributed by atoms with Crippen LogP contribution in [0.5, 0.6) is 0 Å². The van der Waals surface area contributed by atoms with Gasteiger partial charge in [0.2, 0.25) is 0 Å². The van der Waals surface area contributed by atoms with E-state index in [9.17, 15) is 30.3 Å². The highest BCUT2D eigenvalue weighted by atomic mass is 16.6. The molecular formula is C16H16N6O6. The second-order valence-electron chi connectivity index (χ2n) is 5.50. The van der Waals surface area contributed by atoms with Gasteiger partial charge in [-0.1, -0.05) is 18.2 Å². The fraction of sp³-hybridized carbons (Fsp3) is 0.188. The van der Waals surface area contributed by atoms with Crippen LogP contribution < -0.4 is 10.4 Å². The highest BCUT2D eigenvalue weighted by Gasteiger charge is 2.21. The Morgan fingerprint density at radius 1 is 0.893 bits per heavy atom. The van der Waals surface area contributed by atoms with Crippen molar-refractivity contribution in [2.45, 2.75) is 6.42 Å². The van der Waals surface area contributed by atoms with Gasteiger partial charge in [0.05, 0.1) is 38.7 Å². The molecule has 12 heteroatoms. The second kappa shape index (κ2) is 9.02. The third kappa shape index (κ3) is 5.20. The van der Waals surface area contributed by atoms with Crippen LogP contribution in [-0.4, -0.2) is 34.2 Å². The molecule has 1 N–H and O–H groups in total. The van der Waals surface area contributed by atoms with Crippen molar-refractivity contribution in [3.8, 4) is 0 Å². The predicted octanol–water partition coefficient (Wildman–Crippen LogP) is 2.84. The predicted molar refractivity (Wildman–Crippen MR) is 101 cm³/mol. The highest BCUT2D eigenvalue weighted by molar-refractivity contribution is 5.86. The first kappa shape index (κ1) is 20.2. The van der Waals surface area contributed by atoms with Crippen molar-refractivity contribution in [1.82, 2.24) is 5.43 Å². The Morgan fingerprint density at radius 3 is 1.71 bits per heavy atom. The zero-order chi connectivity index (χ0) is 20.7. The van der Waals surface area contributed by atoms with Crippen LogP contribution in [-0.2, 0) is 0 Å². The van der Waals surface area contributed by atoms with Gasteiger partial charge in [0.25, 0.3) is 17.1 Å². The van der Waals surface area contributed by atoms with E-state index in [4.69, 9.17) is 0 Å². The summed E-state index contributed by atoms with van der Waals surface area (Å²) in [5, 5.41) is 33.0. The van der Waals surface area contributed by atoms with Crippen molar-refractivity contribution in [2.24, 2.45) is 4.99 Å². The number of anilines is 1. The molecule has 1 heterocycles. The first-order valence-corrected chi connectivity index (χ1v) is 7.95. The molecule has 0 bridgehead atoms. The van der Waals surface area contributed by atoms with Gasteiger partial charge in [-0.25, -0.2) is 0 Å². The van der Waals surface area contributed by atoms with E-state index in [-0.39, 0.29) is 0 Å². The van der Waals surface area contributed by atoms with E-state index in [1.54, 1.807) is 0 Å². The van der Waals surface area contributed by atoms with Gasteiger partial charge in [-0.15, -0.1) is 0 Å². The molecule has 0 spiro atoms. The molecule has 0 atom stereocenters. The maximum Gasteiger partial charge on any atom is 0.283 e. The number of nitro groups is 3. The third-order valence-electron chi connectivity index (χ3n) is 3.69. The highest BCUT2D eigenvalue weighted by Crippen LogP contribution is 2.26. The van der Waals surface area contributed by atoms with Crippen LogP contribution >= 0.6 is 0 Å². The van der Waals surface area contributed by atoms with E-state index in [1.807, 2.05) is 25.2 Å². The molecular weight excluding hydrogens is 372 g/mol. The van der Waals surface area contributed by atoms with Crippen molar-refractivity contribution < 1.29 is 14.8 Å². The van der Waals surface area contributed by atoms with Crippen LogP contribution in [0.2, 0.25) is 0 Å². The lowest BCUT2D eigenvalue weighted by atomic mass is 10.2. The molecule has 28 heavy (non-hydrogen) atoms. The number of non-ortho nitro benzene ring substituents is 3. The van der Waals surface area contributed by atoms with E-state index in [0.29, 0.717) is 18.2 Å². The second-order valence-corrected chi connectivity index (χ2v) is 5.50. The van der Waals surface area contributed by atoms with Crippen LogP contribution in [0.3, 0.4) is 0 Å². The van der Waals surface area contributed by atoms with Gasteiger partial charge >= 0.3 is 0 Å². The van der Waals surface area contributed by atoms with Gasteiger partial charge in [-0.2, -0.15) is 0 Å². The van der Waals surface area contributed by atoms with E-state index < -0.39 is 31.8 Å². The minimum absolute atomic E-state index is 0.660. The van der Waals surface area contributed by atoms with Gasteiger partial charge in [-0.05, 0) is 12.1 Å². The van der Waals surface area contributed by atoms with Crippen LogP contribution in [0.4, 0.5) is 22.7 Å². The quantitative estimate of drug-likeness (QED) is 0.618. The molecule has 0 aromatic heterocycles.